The number of halogens is 2. The second-order valence-electron chi connectivity index (χ2n) is 9.48. The molecule has 4 fully saturated rings. The molecular weight excluding hydrogens is 397 g/mol. The highest BCUT2D eigenvalue weighted by atomic mass is 35.5. The summed E-state index contributed by atoms with van der Waals surface area (Å²) in [4.78, 5) is 11.6. The summed E-state index contributed by atoms with van der Waals surface area (Å²) in [5, 5.41) is 3.66. The fourth-order valence-corrected chi connectivity index (χ4v) is 7.89. The van der Waals surface area contributed by atoms with Crippen LogP contribution in [0.4, 0.5) is 0 Å². The van der Waals surface area contributed by atoms with Gasteiger partial charge in [-0.3, -0.25) is 4.79 Å². The van der Waals surface area contributed by atoms with Crippen molar-refractivity contribution in [3.05, 3.63) is 23.4 Å². The van der Waals surface area contributed by atoms with Crippen LogP contribution in [-0.4, -0.2) is 36.7 Å². The number of methoxy groups -OCH3 is 2. The second kappa shape index (κ2) is 7.01. The Morgan fingerprint density at radius 3 is 2.11 bits per heavy atom. The van der Waals surface area contributed by atoms with Crippen LogP contribution < -0.4 is 5.32 Å². The summed E-state index contributed by atoms with van der Waals surface area (Å²) in [6, 6.07) is 0.157. The van der Waals surface area contributed by atoms with Crippen LogP contribution >= 0.6 is 23.2 Å². The SMILES string of the molecule is C=CCC1(Cl)C(=O)C(Cl)=C(NC(C)C23CC4CC(CC(C4)C2)C3)C1(OC)OC. The molecule has 4 nitrogen and oxygen atoms in total. The molecule has 6 heteroatoms. The number of ketones is 1. The molecule has 2 unspecified atom stereocenters. The Morgan fingerprint density at radius 1 is 1.18 bits per heavy atom. The summed E-state index contributed by atoms with van der Waals surface area (Å²) >= 11 is 13.3. The molecule has 0 saturated heterocycles. The lowest BCUT2D eigenvalue weighted by molar-refractivity contribution is -0.200. The molecule has 0 amide bonds. The molecular formula is C22H31Cl2NO3. The summed E-state index contributed by atoms with van der Waals surface area (Å²) in [6.45, 7) is 5.96. The highest BCUT2D eigenvalue weighted by molar-refractivity contribution is 6.53. The minimum atomic E-state index is -1.46. The third kappa shape index (κ3) is 2.67. The lowest BCUT2D eigenvalue weighted by Gasteiger charge is -2.59. The van der Waals surface area contributed by atoms with Crippen molar-refractivity contribution in [2.24, 2.45) is 23.2 Å². The molecule has 5 aliphatic rings. The van der Waals surface area contributed by atoms with Gasteiger partial charge in [0.25, 0.3) is 0 Å². The molecule has 5 rings (SSSR count). The van der Waals surface area contributed by atoms with Gasteiger partial charge in [0.05, 0.1) is 5.70 Å². The number of hydrogen-bond acceptors (Lipinski definition) is 4. The van der Waals surface area contributed by atoms with Crippen molar-refractivity contribution >= 4 is 29.0 Å². The monoisotopic (exact) mass is 427 g/mol. The molecule has 0 radical (unpaired) electrons. The van der Waals surface area contributed by atoms with E-state index in [1.165, 1.54) is 52.7 Å². The van der Waals surface area contributed by atoms with Gasteiger partial charge in [0.15, 0.2) is 4.87 Å². The maximum absolute atomic E-state index is 13.0. The Bertz CT molecular complexity index is 679. The zero-order chi connectivity index (χ0) is 20.3. The van der Waals surface area contributed by atoms with E-state index < -0.39 is 10.7 Å². The van der Waals surface area contributed by atoms with Gasteiger partial charge in [-0.05, 0) is 75.0 Å². The van der Waals surface area contributed by atoms with Crippen molar-refractivity contribution in [1.82, 2.24) is 5.32 Å². The first kappa shape index (κ1) is 20.7. The Balaban J connectivity index is 1.66. The first-order valence-corrected chi connectivity index (χ1v) is 11.1. The van der Waals surface area contributed by atoms with E-state index in [1.54, 1.807) is 6.08 Å². The highest BCUT2D eigenvalue weighted by Crippen LogP contribution is 2.62. The number of carbonyl (C=O) groups is 1. The fraction of sp³-hybridized carbons (Fsp3) is 0.773. The minimum Gasteiger partial charge on any atom is -0.380 e. The summed E-state index contributed by atoms with van der Waals surface area (Å²) in [7, 11) is 3.01. The van der Waals surface area contributed by atoms with Crippen molar-refractivity contribution in [1.29, 1.82) is 0 Å². The van der Waals surface area contributed by atoms with Crippen LogP contribution in [0, 0.1) is 23.2 Å². The van der Waals surface area contributed by atoms with E-state index in [1.807, 2.05) is 0 Å². The van der Waals surface area contributed by atoms with E-state index in [-0.39, 0.29) is 28.7 Å². The molecule has 156 valence electrons. The number of allylic oxidation sites excluding steroid dienone is 2. The molecule has 0 aromatic rings. The van der Waals surface area contributed by atoms with Gasteiger partial charge in [-0.25, -0.2) is 0 Å². The number of nitrogens with one attached hydrogen (secondary N) is 1. The number of Topliss-reactive ketones (excluding diaryl/α,β-unsaturated/α-hetero) is 1. The number of carbonyl (C=O) groups excluding carboxylic acids is 1. The summed E-state index contributed by atoms with van der Waals surface area (Å²) in [6.07, 6.45) is 9.71. The Hall–Kier alpha value is -0.550. The smallest absolute Gasteiger partial charge is 0.238 e. The second-order valence-corrected chi connectivity index (χ2v) is 10.5. The molecule has 5 aliphatic carbocycles. The maximum atomic E-state index is 13.0. The third-order valence-corrected chi connectivity index (χ3v) is 8.93. The van der Waals surface area contributed by atoms with Crippen LogP contribution in [0.15, 0.2) is 23.4 Å². The zero-order valence-corrected chi connectivity index (χ0v) is 18.5. The lowest BCUT2D eigenvalue weighted by Crippen LogP contribution is -2.60. The van der Waals surface area contributed by atoms with Gasteiger partial charge in [0, 0.05) is 20.3 Å². The Morgan fingerprint density at radius 2 is 1.68 bits per heavy atom. The molecule has 4 bridgehead atoms. The van der Waals surface area contributed by atoms with Crippen molar-refractivity contribution in [3.63, 3.8) is 0 Å². The molecule has 1 N–H and O–H groups in total. The normalized spacial score (nSPS) is 42.2. The summed E-state index contributed by atoms with van der Waals surface area (Å²) in [5.74, 6) is 0.695. The van der Waals surface area contributed by atoms with Gasteiger partial charge in [-0.1, -0.05) is 17.7 Å². The molecule has 4 saturated carbocycles. The minimum absolute atomic E-state index is 0.0807. The highest BCUT2D eigenvalue weighted by Gasteiger charge is 2.66. The average Bonchev–Trinajstić information content (AvgIpc) is 2.80. The van der Waals surface area contributed by atoms with Crippen molar-refractivity contribution in [3.8, 4) is 0 Å². The van der Waals surface area contributed by atoms with Crippen LogP contribution in [0.1, 0.15) is 51.9 Å². The van der Waals surface area contributed by atoms with Gasteiger partial charge in [-0.15, -0.1) is 18.2 Å². The molecule has 2 atom stereocenters. The van der Waals surface area contributed by atoms with Gasteiger partial charge in [0.1, 0.15) is 5.03 Å². The van der Waals surface area contributed by atoms with Crippen LogP contribution in [-0.2, 0) is 14.3 Å². The molecule has 0 heterocycles. The number of hydrogen-bond donors (Lipinski definition) is 1. The first-order chi connectivity index (χ1) is 13.2. The topological polar surface area (TPSA) is 47.6 Å². The lowest BCUT2D eigenvalue weighted by atomic mass is 9.48. The van der Waals surface area contributed by atoms with Crippen LogP contribution in [0.25, 0.3) is 0 Å². The van der Waals surface area contributed by atoms with E-state index in [0.29, 0.717) is 5.70 Å². The molecule has 28 heavy (non-hydrogen) atoms. The van der Waals surface area contributed by atoms with E-state index in [4.69, 9.17) is 32.7 Å². The number of rotatable bonds is 7. The van der Waals surface area contributed by atoms with E-state index in [0.717, 1.165) is 17.8 Å². The Kier molecular flexibility index (Phi) is 5.18. The van der Waals surface area contributed by atoms with Gasteiger partial charge < -0.3 is 14.8 Å². The molecule has 0 aromatic heterocycles. The van der Waals surface area contributed by atoms with Gasteiger partial charge in [-0.2, -0.15) is 0 Å². The maximum Gasteiger partial charge on any atom is 0.238 e. The number of alkyl halides is 1. The standard InChI is InChI=1S/C22H31Cl2NO3/c1-5-6-21(24)19(26)17(23)18(22(21,27-3)28-4)25-13(2)20-10-14-7-15(11-20)9-16(8-14)12-20/h5,13-16,25H,1,6-12H2,2-4H3. The van der Waals surface area contributed by atoms with Crippen molar-refractivity contribution < 1.29 is 14.3 Å². The van der Waals surface area contributed by atoms with Crippen LogP contribution in [0.5, 0.6) is 0 Å². The Labute approximate surface area is 178 Å². The summed E-state index contributed by atoms with van der Waals surface area (Å²) in [5.41, 5.74) is 0.704. The molecule has 0 aromatic carbocycles. The molecule has 0 aliphatic heterocycles. The van der Waals surface area contributed by atoms with Gasteiger partial charge in [0.2, 0.25) is 11.6 Å². The zero-order valence-electron chi connectivity index (χ0n) is 17.0. The van der Waals surface area contributed by atoms with Crippen molar-refractivity contribution in [2.45, 2.75) is 68.6 Å². The fourth-order valence-electron chi connectivity index (χ4n) is 7.05. The van der Waals surface area contributed by atoms with E-state index in [9.17, 15) is 4.79 Å². The largest absolute Gasteiger partial charge is 0.380 e. The van der Waals surface area contributed by atoms with E-state index >= 15 is 0 Å². The molecule has 0 spiro atoms. The predicted octanol–water partition coefficient (Wildman–Crippen LogP) is 4.76. The quantitative estimate of drug-likeness (QED) is 0.361. The third-order valence-electron chi connectivity index (χ3n) is 8.00. The van der Waals surface area contributed by atoms with Gasteiger partial charge >= 0.3 is 0 Å². The predicted molar refractivity (Wildman–Crippen MR) is 111 cm³/mol. The van der Waals surface area contributed by atoms with E-state index in [2.05, 4.69) is 18.8 Å². The van der Waals surface area contributed by atoms with Crippen molar-refractivity contribution in [2.75, 3.05) is 14.2 Å². The average molecular weight is 428 g/mol. The first-order valence-electron chi connectivity index (χ1n) is 10.4. The van der Waals surface area contributed by atoms with Crippen LogP contribution in [0.3, 0.4) is 0 Å². The number of ether oxygens (including phenoxy) is 2. The van der Waals surface area contributed by atoms with Crippen LogP contribution in [0.2, 0.25) is 0 Å². The summed E-state index contributed by atoms with van der Waals surface area (Å²) < 4.78 is 11.5.